The van der Waals surface area contributed by atoms with E-state index in [2.05, 4.69) is 48.5 Å². The fraction of sp³-hybridized carbons (Fsp3) is 0.0714. The number of benzene rings is 4. The molecular weight excluding hydrogens is 368 g/mol. The summed E-state index contributed by atoms with van der Waals surface area (Å²) < 4.78 is 13.5. The molecule has 0 saturated carbocycles. The minimum absolute atomic E-state index is 0.253. The van der Waals surface area contributed by atoms with Gasteiger partial charge in [0.25, 0.3) is 0 Å². The van der Waals surface area contributed by atoms with Crippen molar-refractivity contribution in [2.45, 2.75) is 12.2 Å². The highest BCUT2D eigenvalue weighted by molar-refractivity contribution is 5.85. The van der Waals surface area contributed by atoms with Gasteiger partial charge in [0.05, 0.1) is 0 Å². The van der Waals surface area contributed by atoms with E-state index in [9.17, 15) is 0 Å². The quantitative estimate of drug-likeness (QED) is 0.372. The fourth-order valence-corrected chi connectivity index (χ4v) is 3.83. The van der Waals surface area contributed by atoms with Crippen molar-refractivity contribution in [3.05, 3.63) is 144 Å². The first-order valence-electron chi connectivity index (χ1n) is 10.2. The van der Waals surface area contributed by atoms with Crippen LogP contribution >= 0.6 is 0 Å². The average molecular weight is 390 g/mol. The van der Waals surface area contributed by atoms with Gasteiger partial charge in [0.15, 0.2) is 23.7 Å². The first-order valence-corrected chi connectivity index (χ1v) is 10.2. The Morgan fingerprint density at radius 1 is 0.367 bits per heavy atom. The highest BCUT2D eigenvalue weighted by Gasteiger charge is 2.36. The van der Waals surface area contributed by atoms with Crippen molar-refractivity contribution in [2.24, 2.45) is 0 Å². The van der Waals surface area contributed by atoms with E-state index < -0.39 is 0 Å². The zero-order valence-corrected chi connectivity index (χ0v) is 16.5. The summed E-state index contributed by atoms with van der Waals surface area (Å²) in [6.45, 7) is 0. The van der Waals surface area contributed by atoms with Crippen molar-refractivity contribution >= 4 is 11.5 Å². The Hall–Kier alpha value is -3.78. The maximum Gasteiger partial charge on any atom is 0.170 e. The van der Waals surface area contributed by atoms with Crippen molar-refractivity contribution in [1.29, 1.82) is 0 Å². The Morgan fingerprint density at radius 2 is 0.667 bits per heavy atom. The summed E-state index contributed by atoms with van der Waals surface area (Å²) in [5, 5.41) is 0. The van der Waals surface area contributed by atoms with Crippen LogP contribution in [0.1, 0.15) is 34.5 Å². The van der Waals surface area contributed by atoms with E-state index in [1.54, 1.807) is 0 Å². The number of ether oxygens (including phenoxy) is 2. The minimum atomic E-state index is -0.253. The molecule has 4 aromatic carbocycles. The summed E-state index contributed by atoms with van der Waals surface area (Å²) in [6, 6.07) is 41.0. The molecule has 0 spiro atoms. The second-order valence-corrected chi connectivity index (χ2v) is 7.29. The predicted octanol–water partition coefficient (Wildman–Crippen LogP) is 7.04. The molecule has 0 amide bonds. The zero-order valence-electron chi connectivity index (χ0n) is 16.5. The van der Waals surface area contributed by atoms with E-state index in [-0.39, 0.29) is 12.2 Å². The normalized spacial score (nSPS) is 18.4. The summed E-state index contributed by atoms with van der Waals surface area (Å²) in [5.74, 6) is 1.53. The van der Waals surface area contributed by atoms with Crippen molar-refractivity contribution < 1.29 is 9.47 Å². The number of rotatable bonds is 4. The zero-order chi connectivity index (χ0) is 20.2. The standard InChI is InChI=1S/C28H22O2/c1-5-13-21(14-6-1)25-26(22-15-7-2-8-16-22)30-28(24-19-11-4-12-20-24)27(29-25)23-17-9-3-10-18-23/h1-20,25-26H. The minimum Gasteiger partial charge on any atom is -0.477 e. The Morgan fingerprint density at radius 3 is 1.00 bits per heavy atom. The first-order chi connectivity index (χ1) is 14.9. The molecule has 0 N–H and O–H groups in total. The van der Waals surface area contributed by atoms with Crippen LogP contribution in [-0.4, -0.2) is 0 Å². The topological polar surface area (TPSA) is 18.5 Å². The van der Waals surface area contributed by atoms with Crippen LogP contribution in [-0.2, 0) is 9.47 Å². The molecule has 2 atom stereocenters. The van der Waals surface area contributed by atoms with Crippen molar-refractivity contribution in [1.82, 2.24) is 0 Å². The summed E-state index contributed by atoms with van der Waals surface area (Å²) in [5.41, 5.74) is 4.19. The molecular formula is C28H22O2. The number of hydrogen-bond acceptors (Lipinski definition) is 2. The van der Waals surface area contributed by atoms with Crippen LogP contribution in [0.3, 0.4) is 0 Å². The van der Waals surface area contributed by atoms with Gasteiger partial charge in [-0.3, -0.25) is 0 Å². The van der Waals surface area contributed by atoms with Gasteiger partial charge < -0.3 is 9.47 Å². The van der Waals surface area contributed by atoms with Gasteiger partial charge in [0, 0.05) is 11.1 Å². The van der Waals surface area contributed by atoms with Gasteiger partial charge in [-0.15, -0.1) is 0 Å². The van der Waals surface area contributed by atoms with Crippen LogP contribution in [0.2, 0.25) is 0 Å². The second kappa shape index (κ2) is 8.30. The lowest BCUT2D eigenvalue weighted by molar-refractivity contribution is -0.00776. The second-order valence-electron chi connectivity index (χ2n) is 7.29. The van der Waals surface area contributed by atoms with E-state index in [1.807, 2.05) is 72.8 Å². The van der Waals surface area contributed by atoms with E-state index in [0.29, 0.717) is 0 Å². The van der Waals surface area contributed by atoms with Gasteiger partial charge in [0.2, 0.25) is 0 Å². The Kier molecular flexibility index (Phi) is 5.05. The average Bonchev–Trinajstić information content (AvgIpc) is 2.85. The van der Waals surface area contributed by atoms with Gasteiger partial charge in [-0.1, -0.05) is 121 Å². The third-order valence-corrected chi connectivity index (χ3v) is 5.30. The Bertz CT molecular complexity index is 1030. The van der Waals surface area contributed by atoms with Crippen LogP contribution in [0, 0.1) is 0 Å². The summed E-state index contributed by atoms with van der Waals surface area (Å²) in [4.78, 5) is 0. The molecule has 0 aromatic heterocycles. The van der Waals surface area contributed by atoms with Crippen molar-refractivity contribution in [2.75, 3.05) is 0 Å². The van der Waals surface area contributed by atoms with E-state index in [1.165, 1.54) is 0 Å². The van der Waals surface area contributed by atoms with Gasteiger partial charge in [0.1, 0.15) is 0 Å². The smallest absolute Gasteiger partial charge is 0.170 e. The van der Waals surface area contributed by atoms with E-state index >= 15 is 0 Å². The SMILES string of the molecule is c1ccc(C2=C(c3ccccc3)OC(c3ccccc3)C(c3ccccc3)O2)cc1. The first kappa shape index (κ1) is 18.3. The molecule has 1 heterocycles. The van der Waals surface area contributed by atoms with Gasteiger partial charge in [-0.25, -0.2) is 0 Å². The summed E-state index contributed by atoms with van der Waals surface area (Å²) in [7, 11) is 0. The third kappa shape index (κ3) is 3.60. The molecule has 2 nitrogen and oxygen atoms in total. The van der Waals surface area contributed by atoms with Gasteiger partial charge in [-0.2, -0.15) is 0 Å². The molecule has 0 saturated heterocycles. The number of hydrogen-bond donors (Lipinski definition) is 0. The van der Waals surface area contributed by atoms with Gasteiger partial charge >= 0.3 is 0 Å². The molecule has 0 aliphatic carbocycles. The maximum absolute atomic E-state index is 6.75. The molecule has 2 heteroatoms. The highest BCUT2D eigenvalue weighted by Crippen LogP contribution is 2.47. The predicted molar refractivity (Wildman–Crippen MR) is 120 cm³/mol. The van der Waals surface area contributed by atoms with Gasteiger partial charge in [-0.05, 0) is 11.1 Å². The molecule has 30 heavy (non-hydrogen) atoms. The van der Waals surface area contributed by atoms with Crippen LogP contribution in [0.4, 0.5) is 0 Å². The molecule has 146 valence electrons. The van der Waals surface area contributed by atoms with E-state index in [4.69, 9.17) is 9.47 Å². The van der Waals surface area contributed by atoms with Crippen LogP contribution in [0.5, 0.6) is 0 Å². The molecule has 0 radical (unpaired) electrons. The molecule has 4 aromatic rings. The van der Waals surface area contributed by atoms with Crippen LogP contribution in [0.15, 0.2) is 121 Å². The lowest BCUT2D eigenvalue weighted by atomic mass is 9.95. The van der Waals surface area contributed by atoms with Crippen molar-refractivity contribution in [3.8, 4) is 0 Å². The van der Waals surface area contributed by atoms with Crippen LogP contribution < -0.4 is 0 Å². The lowest BCUT2D eigenvalue weighted by Gasteiger charge is -2.36. The molecule has 1 aliphatic heterocycles. The maximum atomic E-state index is 6.75. The monoisotopic (exact) mass is 390 g/mol. The summed E-state index contributed by atoms with van der Waals surface area (Å²) >= 11 is 0. The summed E-state index contributed by atoms with van der Waals surface area (Å²) in [6.07, 6.45) is -0.507. The van der Waals surface area contributed by atoms with E-state index in [0.717, 1.165) is 33.8 Å². The molecule has 2 unspecified atom stereocenters. The van der Waals surface area contributed by atoms with Crippen LogP contribution in [0.25, 0.3) is 11.5 Å². The largest absolute Gasteiger partial charge is 0.477 e. The lowest BCUT2D eigenvalue weighted by Crippen LogP contribution is -2.22. The molecule has 0 fully saturated rings. The molecule has 1 aliphatic rings. The Labute approximate surface area is 177 Å². The highest BCUT2D eigenvalue weighted by atomic mass is 16.6. The molecule has 5 rings (SSSR count). The Balaban J connectivity index is 1.69. The van der Waals surface area contributed by atoms with Crippen molar-refractivity contribution in [3.63, 3.8) is 0 Å². The third-order valence-electron chi connectivity index (χ3n) is 5.30. The molecule has 0 bridgehead atoms. The fourth-order valence-electron chi connectivity index (χ4n) is 3.83.